The smallest absolute Gasteiger partial charge is 0.256 e. The summed E-state index contributed by atoms with van der Waals surface area (Å²) in [7, 11) is 0. The van der Waals surface area contributed by atoms with Gasteiger partial charge in [-0.3, -0.25) is 4.79 Å². The lowest BCUT2D eigenvalue weighted by atomic mass is 10.0. The van der Waals surface area contributed by atoms with Crippen LogP contribution in [0, 0.1) is 0 Å². The van der Waals surface area contributed by atoms with Crippen LogP contribution in [0.3, 0.4) is 0 Å². The number of halogens is 1. The number of nitrogen functional groups attached to an aromatic ring is 2. The summed E-state index contributed by atoms with van der Waals surface area (Å²) >= 11 is 7.17. The molecule has 0 saturated heterocycles. The Morgan fingerprint density at radius 2 is 1.93 bits per heavy atom. The minimum atomic E-state index is -0.517. The minimum absolute atomic E-state index is 0.199. The lowest BCUT2D eigenvalue weighted by Gasteiger charge is -2.22. The quantitative estimate of drug-likeness (QED) is 0.455. The fraction of sp³-hybridized carbons (Fsp3) is 0.200. The van der Waals surface area contributed by atoms with Gasteiger partial charge < -0.3 is 15.9 Å². The van der Waals surface area contributed by atoms with E-state index in [1.165, 1.54) is 22.8 Å². The van der Waals surface area contributed by atoms with Gasteiger partial charge in [0.05, 0.1) is 17.2 Å². The van der Waals surface area contributed by atoms with Crippen LogP contribution in [0.5, 0.6) is 0 Å². The average molecular weight is 443 g/mol. The van der Waals surface area contributed by atoms with Gasteiger partial charge in [0.15, 0.2) is 5.16 Å². The molecule has 0 fully saturated rings. The largest absolute Gasteiger partial charge is 0.467 e. The number of hydrogen-bond donors (Lipinski definition) is 2. The Kier molecular flexibility index (Phi) is 5.65. The van der Waals surface area contributed by atoms with E-state index in [1.807, 2.05) is 18.2 Å². The van der Waals surface area contributed by atoms with Crippen LogP contribution in [-0.4, -0.2) is 31.8 Å². The number of aromatic nitrogens is 2. The second-order valence-electron chi connectivity index (χ2n) is 6.73. The molecule has 3 aromatic rings. The van der Waals surface area contributed by atoms with Gasteiger partial charge in [-0.2, -0.15) is 5.10 Å². The molecule has 1 aromatic carbocycles. The van der Waals surface area contributed by atoms with Gasteiger partial charge in [-0.25, -0.2) is 15.0 Å². The van der Waals surface area contributed by atoms with Crippen molar-refractivity contribution in [2.75, 3.05) is 11.5 Å². The summed E-state index contributed by atoms with van der Waals surface area (Å²) in [6.45, 7) is 1.77. The zero-order valence-electron chi connectivity index (χ0n) is 16.0. The van der Waals surface area contributed by atoms with Gasteiger partial charge in [-0.05, 0) is 36.8 Å². The topological polar surface area (TPSA) is 124 Å². The lowest BCUT2D eigenvalue weighted by molar-refractivity contribution is -0.132. The van der Waals surface area contributed by atoms with Crippen LogP contribution in [0.4, 0.5) is 11.6 Å². The fourth-order valence-corrected chi connectivity index (χ4v) is 4.11. The Morgan fingerprint density at radius 3 is 2.57 bits per heavy atom. The number of carbonyl (C=O) groups is 1. The summed E-state index contributed by atoms with van der Waals surface area (Å²) in [5, 5.41) is 6.54. The summed E-state index contributed by atoms with van der Waals surface area (Å²) in [5.41, 5.74) is 13.1. The average Bonchev–Trinajstić information content (AvgIpc) is 3.37. The van der Waals surface area contributed by atoms with Crippen molar-refractivity contribution >= 4 is 46.6 Å². The molecule has 1 aliphatic heterocycles. The molecule has 154 valence electrons. The predicted molar refractivity (Wildman–Crippen MR) is 117 cm³/mol. The number of thioether (sulfide) groups is 1. The third kappa shape index (κ3) is 4.27. The number of hydrogen-bond acceptors (Lipinski definition) is 8. The molecule has 10 heteroatoms. The highest BCUT2D eigenvalue weighted by atomic mass is 35.5. The van der Waals surface area contributed by atoms with E-state index < -0.39 is 5.25 Å². The zero-order chi connectivity index (χ0) is 21.3. The number of hydrazone groups is 1. The van der Waals surface area contributed by atoms with E-state index in [4.69, 9.17) is 27.5 Å². The number of nitrogens with zero attached hydrogens (tertiary/aromatic N) is 4. The highest BCUT2D eigenvalue weighted by molar-refractivity contribution is 8.00. The van der Waals surface area contributed by atoms with Gasteiger partial charge in [0.25, 0.3) is 5.91 Å². The Balaban J connectivity index is 1.60. The number of anilines is 2. The van der Waals surface area contributed by atoms with Gasteiger partial charge >= 0.3 is 0 Å². The minimum Gasteiger partial charge on any atom is -0.467 e. The summed E-state index contributed by atoms with van der Waals surface area (Å²) in [6.07, 6.45) is 2.11. The highest BCUT2D eigenvalue weighted by Crippen LogP contribution is 2.35. The van der Waals surface area contributed by atoms with Gasteiger partial charge in [-0.1, -0.05) is 35.5 Å². The SMILES string of the molecule is C[C@@H](Sc1nc(N)cc(N)n1)C(=O)N1N=C(c2ccc(Cl)cc2)C[C@H]1c1ccco1. The zero-order valence-corrected chi connectivity index (χ0v) is 17.6. The van der Waals surface area contributed by atoms with Crippen molar-refractivity contribution in [3.8, 4) is 0 Å². The van der Waals surface area contributed by atoms with Crippen LogP contribution in [-0.2, 0) is 4.79 Å². The Labute approximate surface area is 182 Å². The summed E-state index contributed by atoms with van der Waals surface area (Å²) in [6, 6.07) is 12.1. The van der Waals surface area contributed by atoms with Crippen LogP contribution in [0.2, 0.25) is 5.02 Å². The molecular weight excluding hydrogens is 424 g/mol. The third-order valence-electron chi connectivity index (χ3n) is 4.56. The molecule has 0 radical (unpaired) electrons. The van der Waals surface area contributed by atoms with E-state index in [0.29, 0.717) is 22.4 Å². The number of furan rings is 1. The van der Waals surface area contributed by atoms with E-state index in [0.717, 1.165) is 11.3 Å². The van der Waals surface area contributed by atoms with E-state index >= 15 is 0 Å². The maximum atomic E-state index is 13.3. The number of amides is 1. The molecule has 0 aliphatic carbocycles. The van der Waals surface area contributed by atoms with Crippen LogP contribution in [0.25, 0.3) is 0 Å². The van der Waals surface area contributed by atoms with E-state index in [-0.39, 0.29) is 23.6 Å². The van der Waals surface area contributed by atoms with Crippen molar-refractivity contribution in [2.24, 2.45) is 5.10 Å². The molecule has 1 aliphatic rings. The third-order valence-corrected chi connectivity index (χ3v) is 5.76. The molecule has 3 heterocycles. The number of benzene rings is 1. The molecule has 2 atom stereocenters. The first-order valence-electron chi connectivity index (χ1n) is 9.17. The standard InChI is InChI=1S/C20H19ClN6O2S/c1-11(30-20-24-17(22)10-18(23)25-20)19(28)27-15(16-3-2-8-29-16)9-14(26-27)12-4-6-13(21)7-5-12/h2-8,10-11,15H,9H2,1H3,(H4,22,23,24,25)/t11-,15+/m1/s1. The van der Waals surface area contributed by atoms with Crippen LogP contribution < -0.4 is 11.5 Å². The Morgan fingerprint density at radius 1 is 1.23 bits per heavy atom. The Bertz CT molecular complexity index is 1070. The van der Waals surface area contributed by atoms with Crippen LogP contribution >= 0.6 is 23.4 Å². The second kappa shape index (κ2) is 8.37. The van der Waals surface area contributed by atoms with Crippen molar-refractivity contribution in [3.05, 3.63) is 65.1 Å². The fourth-order valence-electron chi connectivity index (χ4n) is 3.14. The molecule has 0 unspecified atom stereocenters. The van der Waals surface area contributed by atoms with Gasteiger partial charge in [0.2, 0.25) is 0 Å². The molecule has 0 bridgehead atoms. The summed E-state index contributed by atoms with van der Waals surface area (Å²) < 4.78 is 5.58. The number of nitrogens with two attached hydrogens (primary N) is 2. The molecule has 2 aromatic heterocycles. The van der Waals surface area contributed by atoms with E-state index in [1.54, 1.807) is 31.4 Å². The normalized spacial score (nSPS) is 17.1. The summed E-state index contributed by atoms with van der Waals surface area (Å²) in [5.74, 6) is 0.970. The molecule has 1 amide bonds. The van der Waals surface area contributed by atoms with Crippen molar-refractivity contribution in [1.82, 2.24) is 15.0 Å². The van der Waals surface area contributed by atoms with Crippen LogP contribution in [0.15, 0.2) is 63.4 Å². The lowest BCUT2D eigenvalue weighted by Crippen LogP contribution is -2.33. The molecular formula is C20H19ClN6O2S. The van der Waals surface area contributed by atoms with Crippen molar-refractivity contribution < 1.29 is 9.21 Å². The van der Waals surface area contributed by atoms with E-state index in [2.05, 4.69) is 15.1 Å². The molecule has 30 heavy (non-hydrogen) atoms. The van der Waals surface area contributed by atoms with Crippen molar-refractivity contribution in [2.45, 2.75) is 29.8 Å². The van der Waals surface area contributed by atoms with Crippen molar-refractivity contribution in [1.29, 1.82) is 0 Å². The maximum Gasteiger partial charge on any atom is 0.256 e. The first-order chi connectivity index (χ1) is 14.4. The highest BCUT2D eigenvalue weighted by Gasteiger charge is 2.37. The van der Waals surface area contributed by atoms with Gasteiger partial charge in [-0.15, -0.1) is 0 Å². The molecule has 4 rings (SSSR count). The van der Waals surface area contributed by atoms with Crippen molar-refractivity contribution in [3.63, 3.8) is 0 Å². The first kappa shape index (κ1) is 20.2. The van der Waals surface area contributed by atoms with Gasteiger partial charge in [0.1, 0.15) is 23.4 Å². The number of rotatable bonds is 5. The van der Waals surface area contributed by atoms with E-state index in [9.17, 15) is 4.79 Å². The second-order valence-corrected chi connectivity index (χ2v) is 8.48. The Hall–Kier alpha value is -3.04. The molecule has 8 nitrogen and oxygen atoms in total. The maximum absolute atomic E-state index is 13.3. The molecule has 4 N–H and O–H groups in total. The number of carbonyl (C=O) groups excluding carboxylic acids is 1. The predicted octanol–water partition coefficient (Wildman–Crippen LogP) is 3.75. The monoisotopic (exact) mass is 442 g/mol. The van der Waals surface area contributed by atoms with Gasteiger partial charge in [0, 0.05) is 17.5 Å². The van der Waals surface area contributed by atoms with Crippen LogP contribution in [0.1, 0.15) is 30.7 Å². The first-order valence-corrected chi connectivity index (χ1v) is 10.4. The molecule has 0 saturated carbocycles. The summed E-state index contributed by atoms with van der Waals surface area (Å²) in [4.78, 5) is 21.5. The molecule has 0 spiro atoms.